The molecule has 2 heterocycles. The van der Waals surface area contributed by atoms with Crippen LogP contribution in [-0.2, 0) is 17.7 Å². The van der Waals surface area contributed by atoms with Crippen LogP contribution in [0.4, 0.5) is 0 Å². The van der Waals surface area contributed by atoms with Crippen molar-refractivity contribution in [2.24, 2.45) is 0 Å². The molecule has 2 aliphatic rings. The highest BCUT2D eigenvalue weighted by Gasteiger charge is 2.19. The SMILES string of the molecule is O=C(NCC(O)CN1CCc2ccccc2C1)c1ccc(OCCN2CCOCC2)cc1. The first-order valence-corrected chi connectivity index (χ1v) is 11.5. The van der Waals surface area contributed by atoms with E-state index < -0.39 is 6.10 Å². The zero-order valence-corrected chi connectivity index (χ0v) is 18.5. The maximum absolute atomic E-state index is 12.4. The third-order valence-electron chi connectivity index (χ3n) is 6.07. The van der Waals surface area contributed by atoms with Gasteiger partial charge in [-0.15, -0.1) is 0 Å². The molecule has 1 saturated heterocycles. The lowest BCUT2D eigenvalue weighted by Crippen LogP contribution is -2.42. The number of β-amino-alcohol motifs (C(OH)–C–C–N with tert-alkyl or cyclic N) is 1. The van der Waals surface area contributed by atoms with Crippen LogP contribution >= 0.6 is 0 Å². The van der Waals surface area contributed by atoms with Crippen LogP contribution < -0.4 is 10.1 Å². The van der Waals surface area contributed by atoms with Gasteiger partial charge < -0.3 is 19.9 Å². The molecule has 32 heavy (non-hydrogen) atoms. The number of aliphatic hydroxyl groups is 1. The zero-order valence-electron chi connectivity index (χ0n) is 18.5. The van der Waals surface area contributed by atoms with Crippen molar-refractivity contribution in [2.75, 3.05) is 59.1 Å². The minimum absolute atomic E-state index is 0.187. The van der Waals surface area contributed by atoms with Crippen molar-refractivity contribution in [3.05, 3.63) is 65.2 Å². The van der Waals surface area contributed by atoms with Gasteiger partial charge in [0.15, 0.2) is 0 Å². The number of aliphatic hydroxyl groups excluding tert-OH is 1. The molecule has 0 aromatic heterocycles. The molecule has 1 unspecified atom stereocenters. The Morgan fingerprint density at radius 3 is 2.56 bits per heavy atom. The second-order valence-corrected chi connectivity index (χ2v) is 8.44. The second kappa shape index (κ2) is 11.4. The molecule has 1 fully saturated rings. The maximum atomic E-state index is 12.4. The van der Waals surface area contributed by atoms with Crippen LogP contribution in [0.2, 0.25) is 0 Å². The van der Waals surface area contributed by atoms with Gasteiger partial charge in [0.25, 0.3) is 5.91 Å². The first-order valence-electron chi connectivity index (χ1n) is 11.5. The monoisotopic (exact) mass is 439 g/mol. The minimum atomic E-state index is -0.605. The van der Waals surface area contributed by atoms with Crippen LogP contribution in [0.25, 0.3) is 0 Å². The predicted molar refractivity (Wildman–Crippen MR) is 123 cm³/mol. The van der Waals surface area contributed by atoms with E-state index in [-0.39, 0.29) is 12.5 Å². The molecule has 0 aliphatic carbocycles. The van der Waals surface area contributed by atoms with Crippen molar-refractivity contribution in [1.82, 2.24) is 15.1 Å². The molecule has 1 amide bonds. The van der Waals surface area contributed by atoms with E-state index in [0.717, 1.165) is 58.1 Å². The summed E-state index contributed by atoms with van der Waals surface area (Å²) in [5, 5.41) is 13.2. The average molecular weight is 440 g/mol. The molecule has 0 radical (unpaired) electrons. The summed E-state index contributed by atoms with van der Waals surface area (Å²) >= 11 is 0. The summed E-state index contributed by atoms with van der Waals surface area (Å²) in [6.07, 6.45) is 0.392. The summed E-state index contributed by atoms with van der Waals surface area (Å²) in [6, 6.07) is 15.6. The standard InChI is InChI=1S/C25H33N3O4/c29-23(19-28-10-9-20-3-1-2-4-22(20)18-28)17-26-25(30)21-5-7-24(8-6-21)32-16-13-27-11-14-31-15-12-27/h1-8,23,29H,9-19H2,(H,26,30). The van der Waals surface area contributed by atoms with Gasteiger partial charge in [-0.3, -0.25) is 14.6 Å². The Balaban J connectivity index is 1.16. The number of hydrogen-bond donors (Lipinski definition) is 2. The van der Waals surface area contributed by atoms with E-state index >= 15 is 0 Å². The van der Waals surface area contributed by atoms with Crippen molar-refractivity contribution in [3.63, 3.8) is 0 Å². The van der Waals surface area contributed by atoms with E-state index in [4.69, 9.17) is 9.47 Å². The van der Waals surface area contributed by atoms with E-state index in [1.807, 2.05) is 12.1 Å². The Kier molecular flexibility index (Phi) is 8.12. The van der Waals surface area contributed by atoms with Gasteiger partial charge in [-0.25, -0.2) is 0 Å². The molecule has 0 bridgehead atoms. The van der Waals surface area contributed by atoms with Crippen LogP contribution in [0.3, 0.4) is 0 Å². The van der Waals surface area contributed by atoms with Gasteiger partial charge in [-0.2, -0.15) is 0 Å². The smallest absolute Gasteiger partial charge is 0.251 e. The molecule has 0 saturated carbocycles. The van der Waals surface area contributed by atoms with Crippen LogP contribution in [0, 0.1) is 0 Å². The number of hydrogen-bond acceptors (Lipinski definition) is 6. The van der Waals surface area contributed by atoms with Crippen LogP contribution in [0.5, 0.6) is 5.75 Å². The Bertz CT molecular complexity index is 868. The highest BCUT2D eigenvalue weighted by atomic mass is 16.5. The highest BCUT2D eigenvalue weighted by molar-refractivity contribution is 5.94. The van der Waals surface area contributed by atoms with Gasteiger partial charge in [0.05, 0.1) is 19.3 Å². The van der Waals surface area contributed by atoms with Crippen LogP contribution in [-0.4, -0.2) is 86.0 Å². The summed E-state index contributed by atoms with van der Waals surface area (Å²) in [7, 11) is 0. The number of amides is 1. The molecule has 0 spiro atoms. The Morgan fingerprint density at radius 2 is 1.78 bits per heavy atom. The molecule has 2 aliphatic heterocycles. The third kappa shape index (κ3) is 6.53. The summed E-state index contributed by atoms with van der Waals surface area (Å²) in [5.74, 6) is 0.563. The molecule has 7 heteroatoms. The summed E-state index contributed by atoms with van der Waals surface area (Å²) in [6.45, 7) is 7.47. The molecule has 172 valence electrons. The number of carbonyl (C=O) groups is 1. The topological polar surface area (TPSA) is 74.3 Å². The first-order chi connectivity index (χ1) is 15.7. The van der Waals surface area contributed by atoms with Gasteiger partial charge in [0, 0.05) is 51.4 Å². The third-order valence-corrected chi connectivity index (χ3v) is 6.07. The van der Waals surface area contributed by atoms with Gasteiger partial charge in [0.1, 0.15) is 12.4 Å². The Hall–Kier alpha value is -2.45. The number of morpholine rings is 1. The first kappa shape index (κ1) is 22.7. The summed E-state index contributed by atoms with van der Waals surface area (Å²) in [4.78, 5) is 17.0. The van der Waals surface area contributed by atoms with E-state index in [1.54, 1.807) is 12.1 Å². The second-order valence-electron chi connectivity index (χ2n) is 8.44. The Labute approximate surface area is 189 Å². The lowest BCUT2D eigenvalue weighted by molar-refractivity contribution is 0.0322. The molecule has 2 aromatic carbocycles. The number of rotatable bonds is 9. The molecule has 2 aromatic rings. The normalized spacial score (nSPS) is 18.0. The van der Waals surface area contributed by atoms with Crippen molar-refractivity contribution in [3.8, 4) is 5.75 Å². The number of nitrogens with zero attached hydrogens (tertiary/aromatic N) is 2. The number of benzene rings is 2. The summed E-state index contributed by atoms with van der Waals surface area (Å²) in [5.41, 5.74) is 3.27. The fourth-order valence-electron chi connectivity index (χ4n) is 4.21. The number of fused-ring (bicyclic) bond motifs is 1. The van der Waals surface area contributed by atoms with Crippen molar-refractivity contribution in [2.45, 2.75) is 19.1 Å². The molecule has 2 N–H and O–H groups in total. The highest BCUT2D eigenvalue weighted by Crippen LogP contribution is 2.18. The fraction of sp³-hybridized carbons (Fsp3) is 0.480. The van der Waals surface area contributed by atoms with Crippen LogP contribution in [0.15, 0.2) is 48.5 Å². The maximum Gasteiger partial charge on any atom is 0.251 e. The lowest BCUT2D eigenvalue weighted by Gasteiger charge is -2.30. The number of nitrogens with one attached hydrogen (secondary N) is 1. The predicted octanol–water partition coefficient (Wildman–Crippen LogP) is 1.55. The van der Waals surface area contributed by atoms with Crippen molar-refractivity contribution >= 4 is 5.91 Å². The number of carbonyl (C=O) groups excluding carboxylic acids is 1. The van der Waals surface area contributed by atoms with Gasteiger partial charge in [-0.05, 0) is 41.8 Å². The molecule has 1 atom stereocenters. The molecular weight excluding hydrogens is 406 g/mol. The summed E-state index contributed by atoms with van der Waals surface area (Å²) < 4.78 is 11.1. The fourth-order valence-corrected chi connectivity index (χ4v) is 4.21. The quantitative estimate of drug-likeness (QED) is 0.618. The minimum Gasteiger partial charge on any atom is -0.492 e. The van der Waals surface area contributed by atoms with Gasteiger partial charge in [0.2, 0.25) is 0 Å². The van der Waals surface area contributed by atoms with Gasteiger partial charge >= 0.3 is 0 Å². The van der Waals surface area contributed by atoms with E-state index in [1.165, 1.54) is 11.1 Å². The van der Waals surface area contributed by atoms with Crippen molar-refractivity contribution in [1.29, 1.82) is 0 Å². The van der Waals surface area contributed by atoms with E-state index in [0.29, 0.717) is 18.7 Å². The van der Waals surface area contributed by atoms with Gasteiger partial charge in [-0.1, -0.05) is 24.3 Å². The van der Waals surface area contributed by atoms with Crippen LogP contribution in [0.1, 0.15) is 21.5 Å². The molecule has 4 rings (SSSR count). The van der Waals surface area contributed by atoms with E-state index in [2.05, 4.69) is 39.4 Å². The van der Waals surface area contributed by atoms with E-state index in [9.17, 15) is 9.90 Å². The van der Waals surface area contributed by atoms with Crippen molar-refractivity contribution < 1.29 is 19.4 Å². The zero-order chi connectivity index (χ0) is 22.2. The average Bonchev–Trinajstić information content (AvgIpc) is 2.83. The largest absolute Gasteiger partial charge is 0.492 e. The lowest BCUT2D eigenvalue weighted by atomic mass is 10.00. The number of ether oxygens (including phenoxy) is 2. The molecule has 7 nitrogen and oxygen atoms in total. The Morgan fingerprint density at radius 1 is 1.03 bits per heavy atom. The molecular formula is C25H33N3O4.